The van der Waals surface area contributed by atoms with E-state index in [1.807, 2.05) is 0 Å². The lowest BCUT2D eigenvalue weighted by atomic mass is 10.0. The number of hydrogen-bond acceptors (Lipinski definition) is 3. The quantitative estimate of drug-likeness (QED) is 0.732. The van der Waals surface area contributed by atoms with Gasteiger partial charge in [0.05, 0.1) is 11.0 Å². The molecule has 0 aromatic rings. The summed E-state index contributed by atoms with van der Waals surface area (Å²) in [7, 11) is -2.87. The third-order valence-electron chi connectivity index (χ3n) is 2.96. The fourth-order valence-corrected chi connectivity index (χ4v) is 2.53. The normalized spacial score (nSPS) is 16.7. The van der Waals surface area contributed by atoms with Crippen LogP contribution in [0.5, 0.6) is 0 Å². The zero-order chi connectivity index (χ0) is 12.1. The molecule has 0 spiro atoms. The van der Waals surface area contributed by atoms with E-state index in [1.54, 1.807) is 13.8 Å². The molecule has 2 unspecified atom stereocenters. The van der Waals surface area contributed by atoms with Gasteiger partial charge in [-0.1, -0.05) is 13.8 Å². The van der Waals surface area contributed by atoms with E-state index >= 15 is 0 Å². The highest BCUT2D eigenvalue weighted by Crippen LogP contribution is 2.12. The molecule has 0 saturated heterocycles. The molecule has 15 heavy (non-hydrogen) atoms. The predicted octanol–water partition coefficient (Wildman–Crippen LogP) is 1.83. The maximum atomic E-state index is 11.6. The number of rotatable bonds is 7. The van der Waals surface area contributed by atoms with Gasteiger partial charge in [0.15, 0.2) is 9.84 Å². The highest BCUT2D eigenvalue weighted by atomic mass is 32.2. The van der Waals surface area contributed by atoms with Crippen molar-refractivity contribution in [2.24, 2.45) is 5.92 Å². The Balaban J connectivity index is 4.06. The number of sulfone groups is 1. The van der Waals surface area contributed by atoms with Gasteiger partial charge in [-0.25, -0.2) is 8.42 Å². The Labute approximate surface area is 94.6 Å². The van der Waals surface area contributed by atoms with Gasteiger partial charge in [0, 0.05) is 6.04 Å². The number of nitrogens with one attached hydrogen (secondary N) is 1. The Morgan fingerprint density at radius 3 is 2.07 bits per heavy atom. The van der Waals surface area contributed by atoms with Crippen molar-refractivity contribution in [1.29, 1.82) is 0 Å². The fraction of sp³-hybridized carbons (Fsp3) is 1.00. The van der Waals surface area contributed by atoms with Crippen molar-refractivity contribution in [3.63, 3.8) is 0 Å². The van der Waals surface area contributed by atoms with Crippen molar-refractivity contribution in [2.75, 3.05) is 12.3 Å². The Hall–Kier alpha value is -0.0900. The largest absolute Gasteiger partial charge is 0.314 e. The Bertz CT molecular complexity index is 260. The topological polar surface area (TPSA) is 46.2 Å². The summed E-state index contributed by atoms with van der Waals surface area (Å²) in [4.78, 5) is 0. The summed E-state index contributed by atoms with van der Waals surface area (Å²) in [6, 6.07) is 0.386. The highest BCUT2D eigenvalue weighted by Gasteiger charge is 2.19. The highest BCUT2D eigenvalue weighted by molar-refractivity contribution is 7.91. The molecule has 0 aliphatic carbocycles. The molecule has 1 N–H and O–H groups in total. The van der Waals surface area contributed by atoms with Crippen LogP contribution >= 0.6 is 0 Å². The van der Waals surface area contributed by atoms with Gasteiger partial charge >= 0.3 is 0 Å². The predicted molar refractivity (Wildman–Crippen MR) is 65.8 cm³/mol. The molecule has 0 rings (SSSR count). The summed E-state index contributed by atoms with van der Waals surface area (Å²) in [6.07, 6.45) is 0.745. The van der Waals surface area contributed by atoms with Crippen LogP contribution in [0.15, 0.2) is 0 Å². The minimum Gasteiger partial charge on any atom is -0.314 e. The fourth-order valence-electron chi connectivity index (χ4n) is 1.36. The SMILES string of the molecule is CCNC(C)C(C)CCS(=O)(=O)C(C)C. The lowest BCUT2D eigenvalue weighted by molar-refractivity contribution is 0.398. The lowest BCUT2D eigenvalue weighted by Crippen LogP contribution is -2.33. The zero-order valence-corrected chi connectivity index (χ0v) is 11.4. The zero-order valence-electron chi connectivity index (χ0n) is 10.6. The van der Waals surface area contributed by atoms with Crippen molar-refractivity contribution in [1.82, 2.24) is 5.32 Å². The smallest absolute Gasteiger partial charge is 0.152 e. The van der Waals surface area contributed by atoms with Crippen molar-refractivity contribution < 1.29 is 8.42 Å². The molecule has 0 fully saturated rings. The van der Waals surface area contributed by atoms with Crippen LogP contribution in [0.25, 0.3) is 0 Å². The second-order valence-corrected chi connectivity index (χ2v) is 7.20. The number of hydrogen-bond donors (Lipinski definition) is 1. The third kappa shape index (κ3) is 5.52. The van der Waals surface area contributed by atoms with E-state index < -0.39 is 9.84 Å². The van der Waals surface area contributed by atoms with Gasteiger partial charge in [0.2, 0.25) is 0 Å². The van der Waals surface area contributed by atoms with E-state index in [-0.39, 0.29) is 5.25 Å². The van der Waals surface area contributed by atoms with Crippen LogP contribution in [-0.2, 0) is 9.84 Å². The van der Waals surface area contributed by atoms with E-state index in [0.29, 0.717) is 17.7 Å². The molecule has 0 saturated carbocycles. The summed E-state index contributed by atoms with van der Waals surface area (Å²) in [6.45, 7) is 10.7. The molecular formula is C11H25NO2S. The first kappa shape index (κ1) is 14.9. The standard InChI is InChI=1S/C11H25NO2S/c1-6-12-11(5)10(4)7-8-15(13,14)9(2)3/h9-12H,6-8H2,1-5H3. The molecule has 2 atom stereocenters. The van der Waals surface area contributed by atoms with Gasteiger partial charge in [0.25, 0.3) is 0 Å². The molecule has 0 bridgehead atoms. The molecule has 3 nitrogen and oxygen atoms in total. The van der Waals surface area contributed by atoms with Gasteiger partial charge in [0.1, 0.15) is 0 Å². The minimum atomic E-state index is -2.87. The van der Waals surface area contributed by atoms with Gasteiger partial charge in [-0.3, -0.25) is 0 Å². The average Bonchev–Trinajstić information content (AvgIpc) is 2.14. The van der Waals surface area contributed by atoms with Crippen LogP contribution in [0, 0.1) is 5.92 Å². The maximum absolute atomic E-state index is 11.6. The van der Waals surface area contributed by atoms with Crippen molar-refractivity contribution in [3.8, 4) is 0 Å². The molecule has 0 radical (unpaired) electrons. The van der Waals surface area contributed by atoms with Crippen LogP contribution in [0.3, 0.4) is 0 Å². The lowest BCUT2D eigenvalue weighted by Gasteiger charge is -2.20. The summed E-state index contributed by atoms with van der Waals surface area (Å²) in [5.41, 5.74) is 0. The summed E-state index contributed by atoms with van der Waals surface area (Å²) in [5, 5.41) is 3.07. The van der Waals surface area contributed by atoms with E-state index in [2.05, 4.69) is 26.1 Å². The molecular weight excluding hydrogens is 210 g/mol. The summed E-state index contributed by atoms with van der Waals surface area (Å²) >= 11 is 0. The summed E-state index contributed by atoms with van der Waals surface area (Å²) < 4.78 is 23.2. The third-order valence-corrected chi connectivity index (χ3v) is 5.20. The molecule has 0 aromatic carbocycles. The first-order valence-corrected chi connectivity index (χ1v) is 7.47. The molecule has 0 heterocycles. The van der Waals surface area contributed by atoms with Gasteiger partial charge < -0.3 is 5.32 Å². The molecule has 0 aliphatic heterocycles. The first-order chi connectivity index (χ1) is 6.81. The van der Waals surface area contributed by atoms with Crippen LogP contribution in [0.2, 0.25) is 0 Å². The second kappa shape index (κ2) is 6.48. The van der Waals surface area contributed by atoms with E-state index in [1.165, 1.54) is 0 Å². The Morgan fingerprint density at radius 2 is 1.67 bits per heavy atom. The van der Waals surface area contributed by atoms with E-state index in [4.69, 9.17) is 0 Å². The van der Waals surface area contributed by atoms with E-state index in [9.17, 15) is 8.42 Å². The maximum Gasteiger partial charge on any atom is 0.152 e. The summed E-state index contributed by atoms with van der Waals surface area (Å²) in [5.74, 6) is 0.708. The molecule has 0 amide bonds. The Morgan fingerprint density at radius 1 is 1.13 bits per heavy atom. The van der Waals surface area contributed by atoms with Crippen LogP contribution in [0.4, 0.5) is 0 Å². The first-order valence-electron chi connectivity index (χ1n) is 5.76. The molecule has 0 aromatic heterocycles. The van der Waals surface area contributed by atoms with E-state index in [0.717, 1.165) is 13.0 Å². The van der Waals surface area contributed by atoms with Gasteiger partial charge in [-0.15, -0.1) is 0 Å². The van der Waals surface area contributed by atoms with Crippen LogP contribution in [0.1, 0.15) is 41.0 Å². The van der Waals surface area contributed by atoms with Crippen molar-refractivity contribution >= 4 is 9.84 Å². The second-order valence-electron chi connectivity index (χ2n) is 4.53. The van der Waals surface area contributed by atoms with Crippen LogP contribution in [-0.4, -0.2) is 32.0 Å². The minimum absolute atomic E-state index is 0.251. The van der Waals surface area contributed by atoms with Crippen molar-refractivity contribution in [2.45, 2.75) is 52.3 Å². The van der Waals surface area contributed by atoms with Gasteiger partial charge in [-0.2, -0.15) is 0 Å². The van der Waals surface area contributed by atoms with Crippen molar-refractivity contribution in [3.05, 3.63) is 0 Å². The monoisotopic (exact) mass is 235 g/mol. The molecule has 0 aliphatic rings. The van der Waals surface area contributed by atoms with Crippen LogP contribution < -0.4 is 5.32 Å². The molecule has 92 valence electrons. The Kier molecular flexibility index (Phi) is 6.44. The molecule has 4 heteroatoms. The average molecular weight is 235 g/mol. The van der Waals surface area contributed by atoms with Gasteiger partial charge in [-0.05, 0) is 39.7 Å².